The number of nitrogens with one attached hydrogen (secondary N) is 1. The van der Waals surface area contributed by atoms with E-state index < -0.39 is 12.1 Å². The Kier molecular flexibility index (Phi) is 4.81. The molecule has 0 amide bonds. The molecule has 2 aliphatic rings. The van der Waals surface area contributed by atoms with Crippen molar-refractivity contribution in [1.82, 2.24) is 14.9 Å². The number of carbonyl (C=O) groups is 1. The van der Waals surface area contributed by atoms with E-state index in [1.54, 1.807) is 23.6 Å². The minimum atomic E-state index is -1.53. The summed E-state index contributed by atoms with van der Waals surface area (Å²) in [5.74, 6) is 5.11. The third kappa shape index (κ3) is 3.01. The maximum Gasteiger partial charge on any atom is 0.340 e. The number of nitrogens with zero attached hydrogens (tertiary/aromatic N) is 2. The molecule has 1 unspecified atom stereocenters. The van der Waals surface area contributed by atoms with Crippen molar-refractivity contribution in [3.63, 3.8) is 0 Å². The number of aliphatic hydroxyl groups is 1. The standard InChI is InChI=1S/C24H20FN3O4/c1-3-26-6-4-5-13-14-7-12(2)18(25)9-19(14)27-21-16(13)10-28-20(21)8-15-17(23(28)30)11-32-24(31)22(15)29/h7-9,22,26,29H,3,6,10-11H2,1-2H3. The van der Waals surface area contributed by atoms with E-state index in [0.717, 1.165) is 17.5 Å². The predicted molar refractivity (Wildman–Crippen MR) is 115 cm³/mol. The van der Waals surface area contributed by atoms with Gasteiger partial charge in [0.05, 0.1) is 35.6 Å². The van der Waals surface area contributed by atoms with Gasteiger partial charge in [0.25, 0.3) is 5.56 Å². The average molecular weight is 433 g/mol. The van der Waals surface area contributed by atoms with Crippen LogP contribution >= 0.6 is 0 Å². The predicted octanol–water partition coefficient (Wildman–Crippen LogP) is 1.92. The molecule has 162 valence electrons. The van der Waals surface area contributed by atoms with Crippen molar-refractivity contribution in [1.29, 1.82) is 0 Å². The van der Waals surface area contributed by atoms with Crippen molar-refractivity contribution >= 4 is 16.9 Å². The lowest BCUT2D eigenvalue weighted by Gasteiger charge is -2.21. The molecule has 0 fully saturated rings. The van der Waals surface area contributed by atoms with E-state index in [0.29, 0.717) is 34.6 Å². The van der Waals surface area contributed by atoms with Gasteiger partial charge in [0.1, 0.15) is 12.4 Å². The second kappa shape index (κ2) is 7.55. The van der Waals surface area contributed by atoms with Crippen molar-refractivity contribution in [3.05, 3.63) is 62.2 Å². The van der Waals surface area contributed by atoms with E-state index >= 15 is 0 Å². The van der Waals surface area contributed by atoms with E-state index in [2.05, 4.69) is 22.1 Å². The number of aryl methyl sites for hydroxylation is 1. The van der Waals surface area contributed by atoms with E-state index in [-0.39, 0.29) is 35.7 Å². The SMILES string of the molecule is CCNCC#Cc1c2c(nc3cc(F)c(C)cc13)-c1cc3c(c(=O)n1C2)COC(=O)C3O. The number of rotatable bonds is 2. The Morgan fingerprint density at radius 2 is 2.12 bits per heavy atom. The molecule has 8 heteroatoms. The van der Waals surface area contributed by atoms with E-state index in [1.807, 2.05) is 6.92 Å². The van der Waals surface area contributed by atoms with Crippen LogP contribution in [0.25, 0.3) is 22.3 Å². The van der Waals surface area contributed by atoms with Gasteiger partial charge in [-0.25, -0.2) is 14.2 Å². The van der Waals surface area contributed by atoms with Gasteiger partial charge in [-0.3, -0.25) is 4.79 Å². The van der Waals surface area contributed by atoms with Crippen LogP contribution < -0.4 is 10.9 Å². The molecule has 0 saturated carbocycles. The Morgan fingerprint density at radius 3 is 2.91 bits per heavy atom. The monoisotopic (exact) mass is 433 g/mol. The highest BCUT2D eigenvalue weighted by Gasteiger charge is 2.34. The van der Waals surface area contributed by atoms with Crippen LogP contribution in [0.2, 0.25) is 0 Å². The summed E-state index contributed by atoms with van der Waals surface area (Å²) in [5, 5.41) is 14.1. The second-order valence-corrected chi connectivity index (χ2v) is 7.88. The Bertz CT molecular complexity index is 1430. The number of benzene rings is 1. The quantitative estimate of drug-likeness (QED) is 0.285. The Balaban J connectivity index is 1.78. The third-order valence-electron chi connectivity index (χ3n) is 5.91. The van der Waals surface area contributed by atoms with Crippen LogP contribution in [0.3, 0.4) is 0 Å². The molecule has 2 N–H and O–H groups in total. The fraction of sp³-hybridized carbons (Fsp3) is 0.292. The van der Waals surface area contributed by atoms with Gasteiger partial charge in [0, 0.05) is 28.1 Å². The number of pyridine rings is 2. The van der Waals surface area contributed by atoms with Crippen molar-refractivity contribution in [3.8, 4) is 23.2 Å². The van der Waals surface area contributed by atoms with Gasteiger partial charge in [-0.15, -0.1) is 0 Å². The van der Waals surface area contributed by atoms with Gasteiger partial charge in [-0.2, -0.15) is 0 Å². The molecule has 2 aromatic heterocycles. The Morgan fingerprint density at radius 1 is 1.31 bits per heavy atom. The highest BCUT2D eigenvalue weighted by atomic mass is 19.1. The minimum Gasteiger partial charge on any atom is -0.458 e. The molecule has 1 aromatic carbocycles. The van der Waals surface area contributed by atoms with Crippen molar-refractivity contribution in [2.24, 2.45) is 0 Å². The normalized spacial score (nSPS) is 16.1. The number of fused-ring (bicyclic) bond motifs is 5. The molecule has 32 heavy (non-hydrogen) atoms. The second-order valence-electron chi connectivity index (χ2n) is 7.88. The molecule has 0 bridgehead atoms. The summed E-state index contributed by atoms with van der Waals surface area (Å²) in [7, 11) is 0. The van der Waals surface area contributed by atoms with Crippen LogP contribution in [0.5, 0.6) is 0 Å². The molecule has 3 aromatic rings. The number of aromatic nitrogens is 2. The molecule has 5 rings (SSSR count). The average Bonchev–Trinajstić information content (AvgIpc) is 3.13. The van der Waals surface area contributed by atoms with Crippen molar-refractivity contribution in [2.75, 3.05) is 13.1 Å². The van der Waals surface area contributed by atoms with E-state index in [9.17, 15) is 19.1 Å². The first kappa shape index (κ1) is 20.4. The maximum atomic E-state index is 14.3. The van der Waals surface area contributed by atoms with E-state index in [1.165, 1.54) is 6.07 Å². The van der Waals surface area contributed by atoms with Gasteiger partial charge in [0.15, 0.2) is 6.10 Å². The number of hydrogen-bond acceptors (Lipinski definition) is 6. The smallest absolute Gasteiger partial charge is 0.340 e. The van der Waals surface area contributed by atoms with Gasteiger partial charge < -0.3 is 19.7 Å². The zero-order valence-electron chi connectivity index (χ0n) is 17.6. The molecule has 1 atom stereocenters. The molecule has 0 radical (unpaired) electrons. The van der Waals surface area contributed by atoms with Crippen LogP contribution in [0, 0.1) is 24.6 Å². The summed E-state index contributed by atoms with van der Waals surface area (Å²) in [6, 6.07) is 4.70. The highest BCUT2D eigenvalue weighted by molar-refractivity contribution is 5.91. The summed E-state index contributed by atoms with van der Waals surface area (Å²) >= 11 is 0. The van der Waals surface area contributed by atoms with E-state index in [4.69, 9.17) is 4.74 Å². The van der Waals surface area contributed by atoms with Crippen molar-refractivity contribution < 1.29 is 19.0 Å². The Hall–Kier alpha value is -3.54. The Labute approximate surface area is 182 Å². The number of esters is 1. The first-order valence-corrected chi connectivity index (χ1v) is 10.3. The lowest BCUT2D eigenvalue weighted by atomic mass is 9.98. The number of aliphatic hydroxyl groups excluding tert-OH is 1. The van der Waals surface area contributed by atoms with Crippen LogP contribution in [-0.4, -0.2) is 33.7 Å². The zero-order valence-corrected chi connectivity index (χ0v) is 17.6. The fourth-order valence-corrected chi connectivity index (χ4v) is 4.22. The molecule has 0 aliphatic carbocycles. The first-order chi connectivity index (χ1) is 15.4. The van der Waals surface area contributed by atoms with Crippen LogP contribution in [-0.2, 0) is 22.7 Å². The van der Waals surface area contributed by atoms with Gasteiger partial charge >= 0.3 is 5.97 Å². The zero-order chi connectivity index (χ0) is 22.6. The van der Waals surface area contributed by atoms with Gasteiger partial charge in [0.2, 0.25) is 0 Å². The summed E-state index contributed by atoms with van der Waals surface area (Å²) < 4.78 is 20.8. The van der Waals surface area contributed by atoms with Crippen LogP contribution in [0.1, 0.15) is 40.8 Å². The molecule has 0 saturated heterocycles. The molecule has 0 spiro atoms. The first-order valence-electron chi connectivity index (χ1n) is 10.3. The largest absolute Gasteiger partial charge is 0.458 e. The lowest BCUT2D eigenvalue weighted by Crippen LogP contribution is -2.32. The molecule has 7 nitrogen and oxygen atoms in total. The minimum absolute atomic E-state index is 0.185. The number of carbonyl (C=O) groups excluding carboxylic acids is 1. The number of halogens is 1. The fourth-order valence-electron chi connectivity index (χ4n) is 4.22. The number of hydrogen-bond donors (Lipinski definition) is 2. The number of ether oxygens (including phenoxy) is 1. The summed E-state index contributed by atoms with van der Waals surface area (Å²) in [4.78, 5) is 29.6. The highest BCUT2D eigenvalue weighted by Crippen LogP contribution is 2.38. The maximum absolute atomic E-state index is 14.3. The topological polar surface area (TPSA) is 93.5 Å². The summed E-state index contributed by atoms with van der Waals surface area (Å²) in [6.07, 6.45) is -1.53. The van der Waals surface area contributed by atoms with Crippen LogP contribution in [0.4, 0.5) is 4.39 Å². The molecule has 4 heterocycles. The van der Waals surface area contributed by atoms with Gasteiger partial charge in [-0.1, -0.05) is 18.8 Å². The lowest BCUT2D eigenvalue weighted by molar-refractivity contribution is -0.157. The number of cyclic esters (lactones) is 1. The molecular formula is C24H20FN3O4. The summed E-state index contributed by atoms with van der Waals surface area (Å²) in [5.41, 5.74) is 3.46. The molecular weight excluding hydrogens is 413 g/mol. The van der Waals surface area contributed by atoms with Crippen molar-refractivity contribution in [2.45, 2.75) is 33.1 Å². The summed E-state index contributed by atoms with van der Waals surface area (Å²) in [6.45, 7) is 5.00. The van der Waals surface area contributed by atoms with Crippen LogP contribution in [0.15, 0.2) is 23.0 Å². The third-order valence-corrected chi connectivity index (χ3v) is 5.91. The molecule has 2 aliphatic heterocycles. The van der Waals surface area contributed by atoms with Gasteiger partial charge in [-0.05, 0) is 31.2 Å².